The predicted octanol–water partition coefficient (Wildman–Crippen LogP) is 3.29. The van der Waals surface area contributed by atoms with Gasteiger partial charge in [-0.25, -0.2) is 0 Å². The lowest BCUT2D eigenvalue weighted by atomic mass is 10.2. The van der Waals surface area contributed by atoms with Crippen LogP contribution in [0.5, 0.6) is 11.5 Å². The number of ether oxygens (including phenoxy) is 2. The number of carbonyl (C=O) groups excluding carboxylic acids is 1. The van der Waals surface area contributed by atoms with E-state index in [1.54, 1.807) is 26.4 Å². The third-order valence-corrected chi connectivity index (χ3v) is 5.20. The van der Waals surface area contributed by atoms with E-state index in [4.69, 9.17) is 9.47 Å². The average molecular weight is 431 g/mol. The zero-order chi connectivity index (χ0) is 15.7. The van der Waals surface area contributed by atoms with Crippen molar-refractivity contribution in [2.24, 2.45) is 0 Å². The Bertz CT molecular complexity index is 715. The van der Waals surface area contributed by atoms with Gasteiger partial charge in [-0.3, -0.25) is 10.1 Å². The quantitative estimate of drug-likeness (QED) is 0.736. The maximum Gasteiger partial charge on any atom is 0.258 e. The highest BCUT2D eigenvalue weighted by molar-refractivity contribution is 14.1. The molecule has 1 saturated carbocycles. The Hall–Kier alpha value is -1.42. The lowest BCUT2D eigenvalue weighted by molar-refractivity contribution is 0.102. The summed E-state index contributed by atoms with van der Waals surface area (Å²) < 4.78 is 11.2. The second-order valence-corrected chi connectivity index (χ2v) is 7.03. The van der Waals surface area contributed by atoms with Crippen LogP contribution in [0.3, 0.4) is 0 Å². The van der Waals surface area contributed by atoms with Gasteiger partial charge in [-0.05, 0) is 47.6 Å². The standard InChI is InChI=1S/C14H14IN3O3S/c1-20-10-5-8(9(15)6-11(10)21-2)12(19)16-14-18-17-13(22-14)7-3-4-7/h5-7H,3-4H2,1-2H3,(H,16,18,19). The number of anilines is 1. The first-order valence-electron chi connectivity index (χ1n) is 6.68. The van der Waals surface area contributed by atoms with E-state index in [1.807, 2.05) is 0 Å². The molecule has 116 valence electrons. The minimum atomic E-state index is -0.233. The predicted molar refractivity (Wildman–Crippen MR) is 92.1 cm³/mol. The molecule has 1 aromatic heterocycles. The van der Waals surface area contributed by atoms with E-state index in [0.717, 1.165) is 21.4 Å². The molecule has 0 atom stereocenters. The highest BCUT2D eigenvalue weighted by Crippen LogP contribution is 2.42. The molecule has 1 aromatic carbocycles. The zero-order valence-electron chi connectivity index (χ0n) is 12.1. The maximum atomic E-state index is 12.4. The molecule has 0 spiro atoms. The van der Waals surface area contributed by atoms with Gasteiger partial charge in [-0.1, -0.05) is 11.3 Å². The summed E-state index contributed by atoms with van der Waals surface area (Å²) in [7, 11) is 3.10. The van der Waals surface area contributed by atoms with Crippen LogP contribution >= 0.6 is 33.9 Å². The number of benzene rings is 1. The molecule has 22 heavy (non-hydrogen) atoms. The first-order valence-corrected chi connectivity index (χ1v) is 8.58. The van der Waals surface area contributed by atoms with E-state index in [-0.39, 0.29) is 5.91 Å². The molecular weight excluding hydrogens is 417 g/mol. The molecule has 1 amide bonds. The molecule has 0 radical (unpaired) electrons. The topological polar surface area (TPSA) is 73.3 Å². The first kappa shape index (κ1) is 15.5. The fraction of sp³-hybridized carbons (Fsp3) is 0.357. The number of halogens is 1. The molecule has 1 N–H and O–H groups in total. The number of nitrogens with zero attached hydrogens (tertiary/aromatic N) is 2. The van der Waals surface area contributed by atoms with Crippen molar-refractivity contribution < 1.29 is 14.3 Å². The van der Waals surface area contributed by atoms with Crippen LogP contribution in [-0.4, -0.2) is 30.3 Å². The van der Waals surface area contributed by atoms with Gasteiger partial charge >= 0.3 is 0 Å². The van der Waals surface area contributed by atoms with Gasteiger partial charge < -0.3 is 9.47 Å². The van der Waals surface area contributed by atoms with Crippen molar-refractivity contribution in [1.29, 1.82) is 0 Å². The summed E-state index contributed by atoms with van der Waals surface area (Å²) in [6, 6.07) is 3.43. The van der Waals surface area contributed by atoms with E-state index < -0.39 is 0 Å². The second kappa shape index (κ2) is 6.37. The van der Waals surface area contributed by atoms with Gasteiger partial charge in [0, 0.05) is 9.49 Å². The lowest BCUT2D eigenvalue weighted by Crippen LogP contribution is -2.13. The number of methoxy groups -OCH3 is 2. The van der Waals surface area contributed by atoms with Crippen molar-refractivity contribution in [2.45, 2.75) is 18.8 Å². The fourth-order valence-corrected chi connectivity index (χ4v) is 3.56. The van der Waals surface area contributed by atoms with Gasteiger partial charge in [-0.15, -0.1) is 10.2 Å². The summed E-state index contributed by atoms with van der Waals surface area (Å²) in [5, 5.41) is 12.5. The Kier molecular flexibility index (Phi) is 4.48. The summed E-state index contributed by atoms with van der Waals surface area (Å²) in [5.74, 6) is 1.41. The number of hydrogen-bond donors (Lipinski definition) is 1. The number of aromatic nitrogens is 2. The average Bonchev–Trinajstić information content (AvgIpc) is 3.27. The van der Waals surface area contributed by atoms with Gasteiger partial charge in [0.15, 0.2) is 11.5 Å². The number of carbonyl (C=O) groups is 1. The van der Waals surface area contributed by atoms with Crippen LogP contribution < -0.4 is 14.8 Å². The number of amides is 1. The molecule has 0 bridgehead atoms. The minimum Gasteiger partial charge on any atom is -0.493 e. The van der Waals surface area contributed by atoms with Crippen molar-refractivity contribution in [1.82, 2.24) is 10.2 Å². The summed E-state index contributed by atoms with van der Waals surface area (Å²) >= 11 is 3.53. The van der Waals surface area contributed by atoms with Crippen LogP contribution in [0.4, 0.5) is 5.13 Å². The van der Waals surface area contributed by atoms with E-state index in [2.05, 4.69) is 38.1 Å². The van der Waals surface area contributed by atoms with E-state index >= 15 is 0 Å². The molecule has 1 heterocycles. The van der Waals surface area contributed by atoms with Crippen LogP contribution in [0, 0.1) is 3.57 Å². The molecule has 0 aliphatic heterocycles. The Morgan fingerprint density at radius 1 is 1.27 bits per heavy atom. The maximum absolute atomic E-state index is 12.4. The molecule has 1 aliphatic rings. The van der Waals surface area contributed by atoms with Crippen LogP contribution in [0.15, 0.2) is 12.1 Å². The Balaban J connectivity index is 1.81. The van der Waals surface area contributed by atoms with Crippen LogP contribution in [0.2, 0.25) is 0 Å². The SMILES string of the molecule is COc1cc(I)c(C(=O)Nc2nnc(C3CC3)s2)cc1OC. The lowest BCUT2D eigenvalue weighted by Gasteiger charge is -2.11. The number of nitrogens with one attached hydrogen (secondary N) is 1. The van der Waals surface area contributed by atoms with Gasteiger partial charge in [0.1, 0.15) is 5.01 Å². The molecule has 2 aromatic rings. The largest absolute Gasteiger partial charge is 0.493 e. The summed E-state index contributed by atoms with van der Waals surface area (Å²) in [6.45, 7) is 0. The summed E-state index contributed by atoms with van der Waals surface area (Å²) in [4.78, 5) is 12.4. The highest BCUT2D eigenvalue weighted by Gasteiger charge is 2.28. The Morgan fingerprint density at radius 3 is 2.59 bits per heavy atom. The van der Waals surface area contributed by atoms with Crippen molar-refractivity contribution in [3.8, 4) is 11.5 Å². The van der Waals surface area contributed by atoms with Gasteiger partial charge in [0.2, 0.25) is 5.13 Å². The molecular formula is C14H14IN3O3S. The zero-order valence-corrected chi connectivity index (χ0v) is 15.0. The molecule has 6 nitrogen and oxygen atoms in total. The number of rotatable bonds is 5. The highest BCUT2D eigenvalue weighted by atomic mass is 127. The molecule has 1 fully saturated rings. The second-order valence-electron chi connectivity index (χ2n) is 4.86. The van der Waals surface area contributed by atoms with Crippen molar-refractivity contribution in [3.63, 3.8) is 0 Å². The minimum absolute atomic E-state index is 0.233. The van der Waals surface area contributed by atoms with Gasteiger partial charge in [0.25, 0.3) is 5.91 Å². The molecule has 1 aliphatic carbocycles. The monoisotopic (exact) mass is 431 g/mol. The summed E-state index contributed by atoms with van der Waals surface area (Å²) in [6.07, 6.45) is 2.33. The van der Waals surface area contributed by atoms with E-state index in [9.17, 15) is 4.79 Å². The Morgan fingerprint density at radius 2 is 1.95 bits per heavy atom. The fourth-order valence-electron chi connectivity index (χ4n) is 1.97. The molecule has 3 rings (SSSR count). The molecule has 0 saturated heterocycles. The molecule has 8 heteroatoms. The van der Waals surface area contributed by atoms with E-state index in [1.165, 1.54) is 11.3 Å². The van der Waals surface area contributed by atoms with Crippen molar-refractivity contribution in [3.05, 3.63) is 26.3 Å². The van der Waals surface area contributed by atoms with E-state index in [0.29, 0.717) is 28.1 Å². The number of hydrogen-bond acceptors (Lipinski definition) is 6. The van der Waals surface area contributed by atoms with Crippen molar-refractivity contribution in [2.75, 3.05) is 19.5 Å². The smallest absolute Gasteiger partial charge is 0.258 e. The third-order valence-electron chi connectivity index (χ3n) is 3.31. The summed E-state index contributed by atoms with van der Waals surface area (Å²) in [5.41, 5.74) is 0.515. The first-order chi connectivity index (χ1) is 10.6. The van der Waals surface area contributed by atoms with Crippen LogP contribution in [0.25, 0.3) is 0 Å². The van der Waals surface area contributed by atoms with Crippen LogP contribution in [0.1, 0.15) is 34.1 Å². The van der Waals surface area contributed by atoms with Gasteiger partial charge in [0.05, 0.1) is 19.8 Å². The normalized spacial score (nSPS) is 13.8. The Labute approximate surface area is 145 Å². The molecule has 0 unspecified atom stereocenters. The van der Waals surface area contributed by atoms with Gasteiger partial charge in [-0.2, -0.15) is 0 Å². The van der Waals surface area contributed by atoms with Crippen molar-refractivity contribution >= 4 is 45.0 Å². The third kappa shape index (κ3) is 3.17. The van der Waals surface area contributed by atoms with Crippen LogP contribution in [-0.2, 0) is 0 Å².